The Bertz CT molecular complexity index is 602. The third-order valence-corrected chi connectivity index (χ3v) is 3.87. The highest BCUT2D eigenvalue weighted by Crippen LogP contribution is 2.26. The van der Waals surface area contributed by atoms with E-state index in [0.717, 1.165) is 42.5 Å². The van der Waals surface area contributed by atoms with Crippen LogP contribution in [0.5, 0.6) is 5.88 Å². The topological polar surface area (TPSA) is 68.2 Å². The van der Waals surface area contributed by atoms with E-state index in [-0.39, 0.29) is 0 Å². The minimum atomic E-state index is 0.332. The molecule has 1 aliphatic rings. The van der Waals surface area contributed by atoms with Crippen molar-refractivity contribution in [1.29, 1.82) is 0 Å². The number of Topliss-reactive ketones (excluding diaryl/α,β-unsaturated/α-hetero) is 1. The Balaban J connectivity index is 1.50. The average molecular weight is 304 g/mol. The maximum Gasteiger partial charge on any atom is 0.254 e. The van der Waals surface area contributed by atoms with Crippen LogP contribution in [0, 0.1) is 0 Å². The number of nitrogens with zero attached hydrogens (tertiary/aromatic N) is 4. The van der Waals surface area contributed by atoms with Gasteiger partial charge in [0.25, 0.3) is 5.88 Å². The number of ether oxygens (including phenoxy) is 1. The fourth-order valence-electron chi connectivity index (χ4n) is 2.29. The number of aromatic nitrogens is 3. The summed E-state index contributed by atoms with van der Waals surface area (Å²) >= 11 is 1.14. The zero-order valence-electron chi connectivity index (χ0n) is 11.6. The standard InChI is InChI=1S/C14H16N4O2S/c19-12-4-7-18(10-12)6-2-8-20-14-13(16-21-17-14)11-3-1-5-15-9-11/h1,3,5,9H,2,4,6-8,10H2. The van der Waals surface area contributed by atoms with E-state index in [2.05, 4.69) is 18.6 Å². The molecule has 0 N–H and O–H groups in total. The van der Waals surface area contributed by atoms with Gasteiger partial charge in [-0.05, 0) is 18.6 Å². The van der Waals surface area contributed by atoms with Crippen LogP contribution in [-0.4, -0.2) is 50.7 Å². The molecular weight excluding hydrogens is 288 g/mol. The lowest BCUT2D eigenvalue weighted by Gasteiger charge is -2.13. The predicted molar refractivity (Wildman–Crippen MR) is 79.3 cm³/mol. The largest absolute Gasteiger partial charge is 0.475 e. The molecule has 7 heteroatoms. The van der Waals surface area contributed by atoms with Crippen molar-refractivity contribution in [2.24, 2.45) is 0 Å². The van der Waals surface area contributed by atoms with Crippen LogP contribution >= 0.6 is 11.7 Å². The molecular formula is C14H16N4O2S. The minimum Gasteiger partial charge on any atom is -0.475 e. The molecule has 0 aromatic carbocycles. The zero-order valence-corrected chi connectivity index (χ0v) is 12.4. The highest BCUT2D eigenvalue weighted by atomic mass is 32.1. The quantitative estimate of drug-likeness (QED) is 0.756. The lowest BCUT2D eigenvalue weighted by Crippen LogP contribution is -2.23. The molecule has 3 heterocycles. The third-order valence-electron chi connectivity index (χ3n) is 3.36. The molecule has 3 rings (SSSR count). The van der Waals surface area contributed by atoms with Gasteiger partial charge in [0.2, 0.25) is 0 Å². The van der Waals surface area contributed by atoms with E-state index in [9.17, 15) is 4.79 Å². The molecule has 0 radical (unpaired) electrons. The van der Waals surface area contributed by atoms with E-state index in [0.29, 0.717) is 31.2 Å². The molecule has 1 fully saturated rings. The number of ketones is 1. The molecule has 2 aromatic heterocycles. The minimum absolute atomic E-state index is 0.332. The summed E-state index contributed by atoms with van der Waals surface area (Å²) < 4.78 is 14.2. The van der Waals surface area contributed by atoms with Crippen LogP contribution in [0.15, 0.2) is 24.5 Å². The molecule has 0 amide bonds. The van der Waals surface area contributed by atoms with Crippen LogP contribution in [0.1, 0.15) is 12.8 Å². The summed E-state index contributed by atoms with van der Waals surface area (Å²) in [5.41, 5.74) is 1.65. The van der Waals surface area contributed by atoms with Gasteiger partial charge in [-0.1, -0.05) is 0 Å². The van der Waals surface area contributed by atoms with Gasteiger partial charge < -0.3 is 4.74 Å². The highest BCUT2D eigenvalue weighted by molar-refractivity contribution is 6.99. The van der Waals surface area contributed by atoms with E-state index < -0.39 is 0 Å². The summed E-state index contributed by atoms with van der Waals surface area (Å²) in [6, 6.07) is 3.80. The van der Waals surface area contributed by atoms with E-state index in [1.807, 2.05) is 12.1 Å². The summed E-state index contributed by atoms with van der Waals surface area (Å²) in [7, 11) is 0. The van der Waals surface area contributed by atoms with Gasteiger partial charge in [0.05, 0.1) is 24.9 Å². The molecule has 110 valence electrons. The van der Waals surface area contributed by atoms with Crippen LogP contribution in [0.25, 0.3) is 11.3 Å². The predicted octanol–water partition coefficient (Wildman–Crippen LogP) is 1.64. The summed E-state index contributed by atoms with van der Waals surface area (Å²) in [5, 5.41) is 0. The Hall–Kier alpha value is -1.86. The molecule has 1 saturated heterocycles. The van der Waals surface area contributed by atoms with Crippen molar-refractivity contribution in [2.45, 2.75) is 12.8 Å². The maximum atomic E-state index is 11.2. The number of hydrogen-bond donors (Lipinski definition) is 0. The Kier molecular flexibility index (Phi) is 4.52. The van der Waals surface area contributed by atoms with Gasteiger partial charge in [-0.3, -0.25) is 14.7 Å². The monoisotopic (exact) mass is 304 g/mol. The molecule has 21 heavy (non-hydrogen) atoms. The number of carbonyl (C=O) groups is 1. The van der Waals surface area contributed by atoms with Crippen molar-refractivity contribution in [3.8, 4) is 17.1 Å². The Morgan fingerprint density at radius 1 is 1.38 bits per heavy atom. The van der Waals surface area contributed by atoms with Gasteiger partial charge in [-0.15, -0.1) is 4.37 Å². The third kappa shape index (κ3) is 3.62. The summed E-state index contributed by atoms with van der Waals surface area (Å²) in [6.07, 6.45) is 5.03. The first-order valence-electron chi connectivity index (χ1n) is 6.93. The van der Waals surface area contributed by atoms with E-state index in [1.165, 1.54) is 0 Å². The van der Waals surface area contributed by atoms with Gasteiger partial charge in [-0.25, -0.2) is 0 Å². The van der Waals surface area contributed by atoms with Crippen molar-refractivity contribution in [1.82, 2.24) is 18.6 Å². The first kappa shape index (κ1) is 14.1. The molecule has 0 unspecified atom stereocenters. The number of hydrogen-bond acceptors (Lipinski definition) is 7. The molecule has 2 aromatic rings. The summed E-state index contributed by atoms with van der Waals surface area (Å²) in [4.78, 5) is 17.4. The second-order valence-corrected chi connectivity index (χ2v) is 5.45. The van der Waals surface area contributed by atoms with E-state index in [1.54, 1.807) is 12.4 Å². The second kappa shape index (κ2) is 6.73. The molecule has 0 saturated carbocycles. The fourth-order valence-corrected chi connectivity index (χ4v) is 2.81. The van der Waals surface area contributed by atoms with E-state index in [4.69, 9.17) is 4.74 Å². The van der Waals surface area contributed by atoms with Crippen molar-refractivity contribution in [2.75, 3.05) is 26.2 Å². The van der Waals surface area contributed by atoms with Gasteiger partial charge in [0.15, 0.2) is 0 Å². The normalized spacial score (nSPS) is 15.5. The molecule has 0 bridgehead atoms. The molecule has 1 aliphatic heterocycles. The fraction of sp³-hybridized carbons (Fsp3) is 0.429. The smallest absolute Gasteiger partial charge is 0.254 e. The van der Waals surface area contributed by atoms with Crippen LogP contribution in [0.2, 0.25) is 0 Å². The lowest BCUT2D eigenvalue weighted by atomic mass is 10.2. The molecule has 0 atom stereocenters. The highest BCUT2D eigenvalue weighted by Gasteiger charge is 2.18. The Morgan fingerprint density at radius 2 is 2.33 bits per heavy atom. The number of pyridine rings is 1. The van der Waals surface area contributed by atoms with Gasteiger partial charge >= 0.3 is 0 Å². The van der Waals surface area contributed by atoms with Gasteiger partial charge in [-0.2, -0.15) is 4.37 Å². The first-order valence-corrected chi connectivity index (χ1v) is 7.66. The first-order chi connectivity index (χ1) is 10.3. The number of carbonyl (C=O) groups excluding carboxylic acids is 1. The van der Waals surface area contributed by atoms with Crippen molar-refractivity contribution < 1.29 is 9.53 Å². The van der Waals surface area contributed by atoms with Crippen LogP contribution in [-0.2, 0) is 4.79 Å². The zero-order chi connectivity index (χ0) is 14.5. The molecule has 0 aliphatic carbocycles. The van der Waals surface area contributed by atoms with Gasteiger partial charge in [0, 0.05) is 37.5 Å². The second-order valence-electron chi connectivity index (χ2n) is 4.93. The maximum absolute atomic E-state index is 11.2. The van der Waals surface area contributed by atoms with Crippen LogP contribution < -0.4 is 4.74 Å². The molecule has 6 nitrogen and oxygen atoms in total. The van der Waals surface area contributed by atoms with Crippen molar-refractivity contribution >= 4 is 17.5 Å². The van der Waals surface area contributed by atoms with Crippen LogP contribution in [0.4, 0.5) is 0 Å². The summed E-state index contributed by atoms with van der Waals surface area (Å²) in [5.74, 6) is 0.893. The number of likely N-dealkylation sites (tertiary alicyclic amines) is 1. The van der Waals surface area contributed by atoms with Crippen molar-refractivity contribution in [3.63, 3.8) is 0 Å². The Labute approximate surface area is 127 Å². The van der Waals surface area contributed by atoms with E-state index >= 15 is 0 Å². The lowest BCUT2D eigenvalue weighted by molar-refractivity contribution is -0.116. The summed E-state index contributed by atoms with van der Waals surface area (Å²) in [6.45, 7) is 2.91. The van der Waals surface area contributed by atoms with Crippen LogP contribution in [0.3, 0.4) is 0 Å². The van der Waals surface area contributed by atoms with Crippen molar-refractivity contribution in [3.05, 3.63) is 24.5 Å². The van der Waals surface area contributed by atoms with Gasteiger partial charge in [0.1, 0.15) is 11.5 Å². The average Bonchev–Trinajstić information content (AvgIpc) is 3.13. The Morgan fingerprint density at radius 3 is 3.10 bits per heavy atom. The molecule has 0 spiro atoms. The SMILES string of the molecule is O=C1CCN(CCCOc2nsnc2-c2cccnc2)C1. The number of rotatable bonds is 6.